The number of nitrogens with one attached hydrogen (secondary N) is 1. The second-order valence-corrected chi connectivity index (χ2v) is 6.36. The molecular weight excluding hydrogens is 376 g/mol. The summed E-state index contributed by atoms with van der Waals surface area (Å²) in [6.07, 6.45) is 1.78. The fourth-order valence-corrected chi connectivity index (χ4v) is 2.59. The zero-order valence-corrected chi connectivity index (χ0v) is 15.6. The Hall–Kier alpha value is -3.44. The number of benzene rings is 3. The molecule has 0 saturated heterocycles. The molecule has 0 radical (unpaired) electrons. The molecule has 0 unspecified atom stereocenters. The molecule has 0 saturated carbocycles. The molecular formula is C22H17ClN2O3. The fourth-order valence-electron chi connectivity index (χ4n) is 2.40. The molecule has 3 aromatic carbocycles. The van der Waals surface area contributed by atoms with E-state index in [1.54, 1.807) is 48.5 Å². The van der Waals surface area contributed by atoms with Gasteiger partial charge in [-0.2, -0.15) is 5.10 Å². The molecule has 0 heterocycles. The van der Waals surface area contributed by atoms with Crippen LogP contribution in [0.1, 0.15) is 21.5 Å². The number of nitrogens with zero attached hydrogens (tertiary/aromatic N) is 1. The third-order valence-corrected chi connectivity index (χ3v) is 4.00. The fraction of sp³-hybridized carbons (Fsp3) is 0.0455. The van der Waals surface area contributed by atoms with E-state index in [4.69, 9.17) is 16.3 Å². The number of hydrogen-bond acceptors (Lipinski definition) is 4. The van der Waals surface area contributed by atoms with Gasteiger partial charge < -0.3 is 4.74 Å². The highest BCUT2D eigenvalue weighted by molar-refractivity contribution is 6.30. The van der Waals surface area contributed by atoms with Gasteiger partial charge in [0.25, 0.3) is 0 Å². The smallest absolute Gasteiger partial charge is 0.343 e. The molecule has 140 valence electrons. The standard InChI is InChI=1S/C22H17ClN2O3/c23-19-8-4-7-18(14-19)22(27)28-20-11-9-17(10-12-20)15-24-25-21(26)13-16-5-2-1-3-6-16/h1-12,14-15H,13H2,(H,25,26). The molecule has 0 atom stereocenters. The Morgan fingerprint density at radius 2 is 1.71 bits per heavy atom. The molecule has 5 nitrogen and oxygen atoms in total. The van der Waals surface area contributed by atoms with Crippen molar-refractivity contribution in [1.29, 1.82) is 0 Å². The Balaban J connectivity index is 1.52. The lowest BCUT2D eigenvalue weighted by Gasteiger charge is -2.05. The first-order valence-corrected chi connectivity index (χ1v) is 8.91. The average Bonchev–Trinajstić information content (AvgIpc) is 2.70. The summed E-state index contributed by atoms with van der Waals surface area (Å²) in [7, 11) is 0. The first-order chi connectivity index (χ1) is 13.6. The molecule has 6 heteroatoms. The highest BCUT2D eigenvalue weighted by atomic mass is 35.5. The van der Waals surface area contributed by atoms with Gasteiger partial charge in [0, 0.05) is 5.02 Å². The van der Waals surface area contributed by atoms with Gasteiger partial charge in [-0.05, 0) is 53.6 Å². The lowest BCUT2D eigenvalue weighted by molar-refractivity contribution is -0.120. The molecule has 1 N–H and O–H groups in total. The zero-order valence-electron chi connectivity index (χ0n) is 14.8. The number of amides is 1. The minimum atomic E-state index is -0.489. The van der Waals surface area contributed by atoms with Gasteiger partial charge in [0.05, 0.1) is 18.2 Å². The molecule has 3 aromatic rings. The van der Waals surface area contributed by atoms with Crippen LogP contribution in [0.2, 0.25) is 5.02 Å². The second-order valence-electron chi connectivity index (χ2n) is 5.92. The SMILES string of the molecule is O=C(Cc1ccccc1)NN=Cc1ccc(OC(=O)c2cccc(Cl)c2)cc1. The van der Waals surface area contributed by atoms with Crippen LogP contribution >= 0.6 is 11.6 Å². The summed E-state index contributed by atoms with van der Waals surface area (Å²) in [6, 6.07) is 22.7. The maximum absolute atomic E-state index is 12.1. The molecule has 0 aliphatic heterocycles. The first kappa shape index (κ1) is 19.3. The van der Waals surface area contributed by atoms with Gasteiger partial charge in [-0.1, -0.05) is 48.0 Å². The van der Waals surface area contributed by atoms with Crippen LogP contribution in [-0.4, -0.2) is 18.1 Å². The lowest BCUT2D eigenvalue weighted by atomic mass is 10.1. The summed E-state index contributed by atoms with van der Waals surface area (Å²) < 4.78 is 5.31. The van der Waals surface area contributed by atoms with Crippen LogP contribution in [0.4, 0.5) is 0 Å². The first-order valence-electron chi connectivity index (χ1n) is 8.54. The van der Waals surface area contributed by atoms with Gasteiger partial charge in [0.1, 0.15) is 5.75 Å². The summed E-state index contributed by atoms with van der Waals surface area (Å²) in [5.74, 6) is -0.290. The third kappa shape index (κ3) is 5.79. The van der Waals surface area contributed by atoms with Crippen LogP contribution < -0.4 is 10.2 Å². The van der Waals surface area contributed by atoms with Gasteiger partial charge in [0.15, 0.2) is 0 Å². The quantitative estimate of drug-likeness (QED) is 0.295. The molecule has 0 aromatic heterocycles. The van der Waals surface area contributed by atoms with E-state index in [1.807, 2.05) is 30.3 Å². The van der Waals surface area contributed by atoms with Crippen molar-refractivity contribution in [2.24, 2.45) is 5.10 Å². The molecule has 0 bridgehead atoms. The lowest BCUT2D eigenvalue weighted by Crippen LogP contribution is -2.19. The number of hydrazone groups is 1. The number of ether oxygens (including phenoxy) is 1. The van der Waals surface area contributed by atoms with Crippen LogP contribution in [-0.2, 0) is 11.2 Å². The van der Waals surface area contributed by atoms with Crippen molar-refractivity contribution in [3.8, 4) is 5.75 Å². The normalized spacial score (nSPS) is 10.6. The van der Waals surface area contributed by atoms with Crippen molar-refractivity contribution in [3.63, 3.8) is 0 Å². The van der Waals surface area contributed by atoms with Crippen molar-refractivity contribution in [1.82, 2.24) is 5.43 Å². The summed E-state index contributed by atoms with van der Waals surface area (Å²) in [4.78, 5) is 23.9. The summed E-state index contributed by atoms with van der Waals surface area (Å²) in [5, 5.41) is 4.41. The van der Waals surface area contributed by atoms with Crippen LogP contribution in [0.15, 0.2) is 84.0 Å². The second kappa shape index (κ2) is 9.48. The van der Waals surface area contributed by atoms with Crippen LogP contribution in [0, 0.1) is 0 Å². The number of carbonyl (C=O) groups excluding carboxylic acids is 2. The van der Waals surface area contributed by atoms with Gasteiger partial charge in [-0.15, -0.1) is 0 Å². The monoisotopic (exact) mass is 392 g/mol. The number of hydrogen-bond donors (Lipinski definition) is 1. The van der Waals surface area contributed by atoms with Crippen LogP contribution in [0.3, 0.4) is 0 Å². The minimum absolute atomic E-state index is 0.200. The molecule has 0 aliphatic rings. The van der Waals surface area contributed by atoms with E-state index in [9.17, 15) is 9.59 Å². The Labute approximate surface area is 167 Å². The van der Waals surface area contributed by atoms with E-state index in [2.05, 4.69) is 10.5 Å². The van der Waals surface area contributed by atoms with Crippen molar-refractivity contribution < 1.29 is 14.3 Å². The van der Waals surface area contributed by atoms with E-state index in [-0.39, 0.29) is 12.3 Å². The molecule has 0 fully saturated rings. The number of halogens is 1. The van der Waals surface area contributed by atoms with E-state index in [1.165, 1.54) is 6.21 Å². The minimum Gasteiger partial charge on any atom is -0.423 e. The highest BCUT2D eigenvalue weighted by Gasteiger charge is 2.08. The van der Waals surface area contributed by atoms with E-state index < -0.39 is 5.97 Å². The molecule has 0 aliphatic carbocycles. The van der Waals surface area contributed by atoms with Gasteiger partial charge in [-0.25, -0.2) is 10.2 Å². The molecule has 28 heavy (non-hydrogen) atoms. The third-order valence-electron chi connectivity index (χ3n) is 3.76. The molecule has 0 spiro atoms. The van der Waals surface area contributed by atoms with Gasteiger partial charge >= 0.3 is 5.97 Å². The topological polar surface area (TPSA) is 67.8 Å². The van der Waals surface area contributed by atoms with Gasteiger partial charge in [0.2, 0.25) is 5.91 Å². The van der Waals surface area contributed by atoms with Crippen molar-refractivity contribution in [3.05, 3.63) is 101 Å². The Morgan fingerprint density at radius 1 is 0.964 bits per heavy atom. The zero-order chi connectivity index (χ0) is 19.8. The summed E-state index contributed by atoms with van der Waals surface area (Å²) in [5.41, 5.74) is 4.53. The van der Waals surface area contributed by atoms with Crippen molar-refractivity contribution >= 4 is 29.7 Å². The van der Waals surface area contributed by atoms with E-state index >= 15 is 0 Å². The van der Waals surface area contributed by atoms with E-state index in [0.717, 1.165) is 11.1 Å². The Kier molecular flexibility index (Phi) is 6.54. The Morgan fingerprint density at radius 3 is 2.43 bits per heavy atom. The van der Waals surface area contributed by atoms with Crippen LogP contribution in [0.5, 0.6) is 5.75 Å². The maximum Gasteiger partial charge on any atom is 0.343 e. The summed E-state index contributed by atoms with van der Waals surface area (Å²) >= 11 is 5.88. The highest BCUT2D eigenvalue weighted by Crippen LogP contribution is 2.16. The largest absolute Gasteiger partial charge is 0.423 e. The number of rotatable bonds is 6. The maximum atomic E-state index is 12.1. The summed E-state index contributed by atoms with van der Waals surface area (Å²) in [6.45, 7) is 0. The van der Waals surface area contributed by atoms with Gasteiger partial charge in [-0.3, -0.25) is 4.79 Å². The molecule has 1 amide bonds. The van der Waals surface area contributed by atoms with E-state index in [0.29, 0.717) is 16.3 Å². The van der Waals surface area contributed by atoms with Crippen molar-refractivity contribution in [2.45, 2.75) is 6.42 Å². The number of carbonyl (C=O) groups is 2. The predicted octanol–water partition coefficient (Wildman–Crippen LogP) is 4.25. The van der Waals surface area contributed by atoms with Crippen LogP contribution in [0.25, 0.3) is 0 Å². The number of esters is 1. The van der Waals surface area contributed by atoms with Crippen molar-refractivity contribution in [2.75, 3.05) is 0 Å². The Bertz CT molecular complexity index is 986. The predicted molar refractivity (Wildman–Crippen MR) is 109 cm³/mol. The average molecular weight is 393 g/mol. The molecule has 3 rings (SSSR count).